The van der Waals surface area contributed by atoms with Gasteiger partial charge in [0.05, 0.1) is 7.92 Å². The molecule has 414 valence electrons. The van der Waals surface area contributed by atoms with E-state index in [1.165, 1.54) is 98.6 Å². The van der Waals surface area contributed by atoms with E-state index in [1.807, 2.05) is 18.2 Å². The van der Waals surface area contributed by atoms with Crippen LogP contribution in [0.5, 0.6) is 0 Å². The summed E-state index contributed by atoms with van der Waals surface area (Å²) in [4.78, 5) is 0. The van der Waals surface area contributed by atoms with Crippen LogP contribution in [-0.2, 0) is 64.0 Å². The van der Waals surface area contributed by atoms with Crippen molar-refractivity contribution in [3.63, 3.8) is 0 Å². The maximum atomic E-state index is 7.12. The molecular formula is C81H59Au2P2+. The molecule has 0 aliphatic heterocycles. The molecule has 0 fully saturated rings. The van der Waals surface area contributed by atoms with Crippen LogP contribution < -0.4 is 31.8 Å². The molecule has 0 saturated heterocycles. The standard InChI is InChI=1S/2C18H15P.C15H10.2C15H9.2Au/c2*1-4-10-16(11-5-1)19(17-12-6-2-7-13-17)18-14-8-3-9-15-18;3*1-2-11-7-8-15-13(9-11)10-12-5-3-4-6-14(12)15;;/h2*1-15H;1,3-9H,10H2;2*3-9H,10H2;;/q;;;2*-1;2*+1/p+1. The van der Waals surface area contributed by atoms with Gasteiger partial charge in [-0.25, -0.2) is 0 Å². The zero-order valence-corrected chi connectivity index (χ0v) is 52.9. The summed E-state index contributed by atoms with van der Waals surface area (Å²) in [5.74, 6) is 7.55. The molecule has 0 heterocycles. The summed E-state index contributed by atoms with van der Waals surface area (Å²) in [6, 6.07) is 109. The number of benzene rings is 12. The fourth-order valence-electron chi connectivity index (χ4n) is 11.2. The zero-order chi connectivity index (χ0) is 56.6. The van der Waals surface area contributed by atoms with E-state index in [9.17, 15) is 0 Å². The molecule has 0 nitrogen and oxygen atoms in total. The van der Waals surface area contributed by atoms with Gasteiger partial charge in [-0.3, -0.25) is 11.8 Å². The molecule has 0 aromatic heterocycles. The molecule has 85 heavy (non-hydrogen) atoms. The molecule has 0 saturated carbocycles. The van der Waals surface area contributed by atoms with Crippen LogP contribution in [0.4, 0.5) is 0 Å². The maximum absolute atomic E-state index is 7.12. The molecule has 3 aliphatic carbocycles. The molecule has 0 amide bonds. The van der Waals surface area contributed by atoms with Gasteiger partial charge in [0.1, 0.15) is 15.9 Å². The van der Waals surface area contributed by atoms with E-state index in [0.717, 1.165) is 36.0 Å². The minimum Gasteiger partial charge on any atom is -0.366 e. The minimum absolute atomic E-state index is 0. The summed E-state index contributed by atoms with van der Waals surface area (Å²) < 4.78 is 0. The molecule has 0 spiro atoms. The van der Waals surface area contributed by atoms with Crippen molar-refractivity contribution in [2.24, 2.45) is 0 Å². The van der Waals surface area contributed by atoms with E-state index in [4.69, 9.17) is 19.3 Å². The number of rotatable bonds is 6. The molecule has 15 rings (SSSR count). The van der Waals surface area contributed by atoms with Crippen LogP contribution in [0.3, 0.4) is 0 Å². The molecule has 0 bridgehead atoms. The fraction of sp³-hybridized carbons (Fsp3) is 0.0370. The first kappa shape index (κ1) is 61.2. The van der Waals surface area contributed by atoms with E-state index in [1.54, 1.807) is 0 Å². The Morgan fingerprint density at radius 3 is 0.824 bits per heavy atom. The largest absolute Gasteiger partial charge is 1.00 e. The Balaban J connectivity index is 0.000000127. The van der Waals surface area contributed by atoms with Gasteiger partial charge in [-0.05, 0) is 147 Å². The molecule has 0 unspecified atom stereocenters. The normalized spacial score (nSPS) is 10.9. The predicted octanol–water partition coefficient (Wildman–Crippen LogP) is 16.2. The summed E-state index contributed by atoms with van der Waals surface area (Å²) in [5.41, 5.74) is 18.8. The molecule has 12 aromatic rings. The van der Waals surface area contributed by atoms with Crippen LogP contribution in [0.2, 0.25) is 0 Å². The summed E-state index contributed by atoms with van der Waals surface area (Å²) in [6.45, 7) is 0. The summed E-state index contributed by atoms with van der Waals surface area (Å²) in [6.07, 6.45) is 22.6. The molecule has 0 N–H and O–H groups in total. The third-order valence-corrected chi connectivity index (χ3v) is 20.2. The fourth-order valence-corrected chi connectivity index (χ4v) is 16.1. The smallest absolute Gasteiger partial charge is 0.366 e. The van der Waals surface area contributed by atoms with Gasteiger partial charge in [-0.1, -0.05) is 254 Å². The van der Waals surface area contributed by atoms with Gasteiger partial charge >= 0.3 is 44.8 Å². The number of hydrogen-bond acceptors (Lipinski definition) is 0. The second kappa shape index (κ2) is 30.5. The number of fused-ring (bicyclic) bond motifs is 9. The average molecular weight is 1490 g/mol. The van der Waals surface area contributed by atoms with Gasteiger partial charge in [-0.2, -0.15) is 0 Å². The second-order valence-electron chi connectivity index (χ2n) is 20.3. The van der Waals surface area contributed by atoms with E-state index in [0.29, 0.717) is 0 Å². The minimum atomic E-state index is -0.877. The number of terminal acetylenes is 1. The quantitative estimate of drug-likeness (QED) is 0.0674. The Bertz CT molecular complexity index is 3700. The topological polar surface area (TPSA) is 0 Å². The predicted molar refractivity (Wildman–Crippen MR) is 356 cm³/mol. The number of hydrogen-bond donors (Lipinski definition) is 0. The SMILES string of the molecule is C#Cc1ccc2c(c1)Cc1ccccc1-2.[Au+].[Au+].[C-]#Cc1ccc2c(c1)Cc1ccccc1-2.[C-]#Cc1ccc2c(c1)Cc1ccccc1-2.c1ccc(P(c2ccccc2)c2ccccc2)cc1.c1ccc([PH+](c2ccccc2)c2ccccc2)cc1. The first-order valence-electron chi connectivity index (χ1n) is 28.0. The van der Waals surface area contributed by atoms with Crippen molar-refractivity contribution in [2.75, 3.05) is 0 Å². The van der Waals surface area contributed by atoms with Crippen LogP contribution in [0.1, 0.15) is 50.1 Å². The van der Waals surface area contributed by atoms with Gasteiger partial charge in [-0.15, -0.1) is 41.8 Å². The maximum Gasteiger partial charge on any atom is 1.00 e. The summed E-state index contributed by atoms with van der Waals surface area (Å²) in [5, 5.41) is 8.50. The second-order valence-corrected chi connectivity index (χ2v) is 25.0. The van der Waals surface area contributed by atoms with E-state index in [2.05, 4.69) is 309 Å². The van der Waals surface area contributed by atoms with Crippen LogP contribution in [0.25, 0.3) is 33.4 Å². The molecule has 0 atom stereocenters. The van der Waals surface area contributed by atoms with Crippen molar-refractivity contribution in [1.29, 1.82) is 0 Å². The Morgan fingerprint density at radius 1 is 0.282 bits per heavy atom. The van der Waals surface area contributed by atoms with Crippen molar-refractivity contribution < 1.29 is 44.8 Å². The summed E-state index contributed by atoms with van der Waals surface area (Å²) in [7, 11) is -1.32. The molecule has 3 aliphatic rings. The van der Waals surface area contributed by atoms with Gasteiger partial charge in [0.2, 0.25) is 0 Å². The van der Waals surface area contributed by atoms with Crippen molar-refractivity contribution >= 4 is 47.7 Å². The van der Waals surface area contributed by atoms with Crippen molar-refractivity contribution in [1.82, 2.24) is 0 Å². The third-order valence-electron chi connectivity index (χ3n) is 15.1. The first-order chi connectivity index (χ1) is 41.0. The average Bonchev–Trinajstić information content (AvgIpc) is 3.98. The van der Waals surface area contributed by atoms with Gasteiger partial charge < -0.3 is 12.8 Å². The zero-order valence-electron chi connectivity index (χ0n) is 46.7. The van der Waals surface area contributed by atoms with Crippen molar-refractivity contribution in [2.45, 2.75) is 19.3 Å². The molecule has 0 radical (unpaired) electrons. The van der Waals surface area contributed by atoms with Crippen molar-refractivity contribution in [3.05, 3.63) is 372 Å². The Hall–Kier alpha value is -8.34. The van der Waals surface area contributed by atoms with Gasteiger partial charge in [0, 0.05) is 5.56 Å². The third kappa shape index (κ3) is 15.0. The Morgan fingerprint density at radius 2 is 0.529 bits per heavy atom. The van der Waals surface area contributed by atoms with Gasteiger partial charge in [0.25, 0.3) is 0 Å². The summed E-state index contributed by atoms with van der Waals surface area (Å²) >= 11 is 0. The van der Waals surface area contributed by atoms with Gasteiger partial charge in [0.15, 0.2) is 0 Å². The van der Waals surface area contributed by atoms with Crippen LogP contribution in [-0.4, -0.2) is 0 Å². The Labute approximate surface area is 537 Å². The molecule has 12 aromatic carbocycles. The van der Waals surface area contributed by atoms with E-state index in [-0.39, 0.29) is 44.8 Å². The van der Waals surface area contributed by atoms with Crippen LogP contribution in [0, 0.1) is 37.0 Å². The van der Waals surface area contributed by atoms with Crippen molar-refractivity contribution in [3.8, 4) is 57.6 Å². The first-order valence-corrected chi connectivity index (χ1v) is 30.8. The van der Waals surface area contributed by atoms with E-state index < -0.39 is 15.8 Å². The molecule has 4 heteroatoms. The van der Waals surface area contributed by atoms with E-state index >= 15 is 0 Å². The Kier molecular flexibility index (Phi) is 21.9. The van der Waals surface area contributed by atoms with Crippen LogP contribution in [0.15, 0.2) is 309 Å². The molecular weight excluding hydrogens is 1430 g/mol. The monoisotopic (exact) mass is 1490 g/mol. The van der Waals surface area contributed by atoms with Crippen LogP contribution >= 0.6 is 15.8 Å².